The van der Waals surface area contributed by atoms with E-state index in [1.807, 2.05) is 42.5 Å². The molecule has 0 spiro atoms. The number of carbonyl (C=O) groups excluding carboxylic acids is 1. The van der Waals surface area contributed by atoms with E-state index >= 15 is 0 Å². The minimum Gasteiger partial charge on any atom is -0.370 e. The Balaban J connectivity index is 1.63. The highest BCUT2D eigenvalue weighted by Crippen LogP contribution is 2.34. The summed E-state index contributed by atoms with van der Waals surface area (Å²) in [6.07, 6.45) is 5.83. The maximum atomic E-state index is 13.0. The van der Waals surface area contributed by atoms with Crippen molar-refractivity contribution in [3.63, 3.8) is 0 Å². The molecule has 0 bridgehead atoms. The van der Waals surface area contributed by atoms with E-state index in [0.29, 0.717) is 11.1 Å². The zero-order chi connectivity index (χ0) is 18.6. The van der Waals surface area contributed by atoms with E-state index in [1.165, 1.54) is 19.3 Å². The maximum absolute atomic E-state index is 13.0. The lowest BCUT2D eigenvalue weighted by Gasteiger charge is -2.32. The molecule has 1 aliphatic carbocycles. The molecule has 4 rings (SSSR count). The summed E-state index contributed by atoms with van der Waals surface area (Å²) in [7, 11) is 0. The van der Waals surface area contributed by atoms with Crippen LogP contribution < -0.4 is 15.5 Å². The first kappa shape index (κ1) is 18.2. The van der Waals surface area contributed by atoms with Crippen LogP contribution in [0.1, 0.15) is 43.7 Å². The fourth-order valence-electron chi connectivity index (χ4n) is 3.65. The molecule has 0 unspecified atom stereocenters. The molecule has 5 heteroatoms. The van der Waals surface area contributed by atoms with Gasteiger partial charge in [0.25, 0.3) is 0 Å². The minimum absolute atomic E-state index is 0.0215. The molecular weight excluding hydrogens is 358 g/mol. The maximum Gasteiger partial charge on any atom is 0.247 e. The first-order chi connectivity index (χ1) is 13.2. The van der Waals surface area contributed by atoms with E-state index in [9.17, 15) is 4.79 Å². The standard InChI is InChI=1S/C22H26ClN3O/c23-17-9-12-20(26-13-5-2-6-14-26)19(15-17)25-21(16-7-3-1-4-8-16)22(27)24-18-10-11-18/h1,3-4,7-9,12,15,18,21,25H,2,5-6,10-11,13-14H2,(H,24,27)/t21-/m0/s1. The Hall–Kier alpha value is -2.20. The van der Waals surface area contributed by atoms with Gasteiger partial charge in [-0.2, -0.15) is 0 Å². The molecule has 4 nitrogen and oxygen atoms in total. The number of piperidine rings is 1. The number of anilines is 2. The third-order valence-corrected chi connectivity index (χ3v) is 5.51. The van der Waals surface area contributed by atoms with Crippen LogP contribution >= 0.6 is 11.6 Å². The zero-order valence-corrected chi connectivity index (χ0v) is 16.2. The van der Waals surface area contributed by atoms with Crippen molar-refractivity contribution in [1.82, 2.24) is 5.32 Å². The Morgan fingerprint density at radius 1 is 1.04 bits per heavy atom. The van der Waals surface area contributed by atoms with Crippen molar-refractivity contribution in [2.45, 2.75) is 44.2 Å². The predicted octanol–water partition coefficient (Wildman–Crippen LogP) is 4.76. The molecule has 1 saturated carbocycles. The van der Waals surface area contributed by atoms with E-state index in [1.54, 1.807) is 0 Å². The Kier molecular flexibility index (Phi) is 5.53. The summed E-state index contributed by atoms with van der Waals surface area (Å²) in [6, 6.07) is 15.7. The fraction of sp³-hybridized carbons (Fsp3) is 0.409. The Labute approximate surface area is 165 Å². The first-order valence-electron chi connectivity index (χ1n) is 9.87. The second-order valence-corrected chi connectivity index (χ2v) is 7.92. The largest absolute Gasteiger partial charge is 0.370 e. The molecule has 0 radical (unpaired) electrons. The number of nitrogens with zero attached hydrogens (tertiary/aromatic N) is 1. The quantitative estimate of drug-likeness (QED) is 0.755. The van der Waals surface area contributed by atoms with Gasteiger partial charge in [0.05, 0.1) is 11.4 Å². The fourth-order valence-corrected chi connectivity index (χ4v) is 3.82. The highest BCUT2D eigenvalue weighted by Gasteiger charge is 2.29. The van der Waals surface area contributed by atoms with E-state index < -0.39 is 6.04 Å². The van der Waals surface area contributed by atoms with Gasteiger partial charge in [0.1, 0.15) is 6.04 Å². The summed E-state index contributed by atoms with van der Waals surface area (Å²) in [5, 5.41) is 7.31. The van der Waals surface area contributed by atoms with Crippen LogP contribution in [-0.4, -0.2) is 25.0 Å². The Morgan fingerprint density at radius 3 is 2.48 bits per heavy atom. The number of rotatable bonds is 6. The lowest BCUT2D eigenvalue weighted by molar-refractivity contribution is -0.122. The molecule has 2 aromatic rings. The van der Waals surface area contributed by atoms with Gasteiger partial charge < -0.3 is 15.5 Å². The number of nitrogens with one attached hydrogen (secondary N) is 2. The molecule has 2 aliphatic rings. The van der Waals surface area contributed by atoms with Gasteiger partial charge in [-0.25, -0.2) is 0 Å². The molecule has 1 saturated heterocycles. The van der Waals surface area contributed by atoms with Gasteiger partial charge in [-0.15, -0.1) is 0 Å². The number of hydrogen-bond acceptors (Lipinski definition) is 3. The number of amides is 1. The van der Waals surface area contributed by atoms with E-state index in [0.717, 1.165) is 42.9 Å². The van der Waals surface area contributed by atoms with Crippen LogP contribution in [0.25, 0.3) is 0 Å². The van der Waals surface area contributed by atoms with Crippen molar-refractivity contribution in [3.05, 3.63) is 59.1 Å². The summed E-state index contributed by atoms with van der Waals surface area (Å²) in [5.41, 5.74) is 3.00. The Morgan fingerprint density at radius 2 is 1.78 bits per heavy atom. The number of carbonyl (C=O) groups is 1. The summed E-state index contributed by atoms with van der Waals surface area (Å²) in [4.78, 5) is 15.3. The van der Waals surface area contributed by atoms with Crippen LogP contribution in [0.3, 0.4) is 0 Å². The van der Waals surface area contributed by atoms with Crippen molar-refractivity contribution in [2.24, 2.45) is 0 Å². The van der Waals surface area contributed by atoms with Crippen molar-refractivity contribution in [1.29, 1.82) is 0 Å². The van der Waals surface area contributed by atoms with Gasteiger partial charge in [0, 0.05) is 24.2 Å². The van der Waals surface area contributed by atoms with E-state index in [4.69, 9.17) is 11.6 Å². The molecule has 0 aromatic heterocycles. The molecule has 1 atom stereocenters. The van der Waals surface area contributed by atoms with Crippen LogP contribution in [0.5, 0.6) is 0 Å². The highest BCUT2D eigenvalue weighted by molar-refractivity contribution is 6.31. The molecule has 2 aromatic carbocycles. The van der Waals surface area contributed by atoms with Crippen LogP contribution in [0, 0.1) is 0 Å². The second-order valence-electron chi connectivity index (χ2n) is 7.48. The van der Waals surface area contributed by atoms with Crippen LogP contribution in [-0.2, 0) is 4.79 Å². The average Bonchev–Trinajstić information content (AvgIpc) is 3.51. The lowest BCUT2D eigenvalue weighted by atomic mass is 10.0. The molecule has 1 heterocycles. The highest BCUT2D eigenvalue weighted by atomic mass is 35.5. The minimum atomic E-state index is -0.436. The number of benzene rings is 2. The van der Waals surface area contributed by atoms with Crippen LogP contribution in [0.15, 0.2) is 48.5 Å². The third-order valence-electron chi connectivity index (χ3n) is 5.27. The lowest BCUT2D eigenvalue weighted by Crippen LogP contribution is -2.35. The molecule has 2 N–H and O–H groups in total. The first-order valence-corrected chi connectivity index (χ1v) is 10.2. The van der Waals surface area contributed by atoms with Crippen molar-refractivity contribution < 1.29 is 4.79 Å². The average molecular weight is 384 g/mol. The molecule has 1 amide bonds. The molecule has 2 fully saturated rings. The third kappa shape index (κ3) is 4.56. The van der Waals surface area contributed by atoms with Gasteiger partial charge in [-0.05, 0) is 55.9 Å². The van der Waals surface area contributed by atoms with Crippen LogP contribution in [0.2, 0.25) is 5.02 Å². The summed E-state index contributed by atoms with van der Waals surface area (Å²) < 4.78 is 0. The van der Waals surface area contributed by atoms with Gasteiger partial charge in [-0.1, -0.05) is 41.9 Å². The van der Waals surface area contributed by atoms with Gasteiger partial charge in [0.2, 0.25) is 5.91 Å². The molecular formula is C22H26ClN3O. The number of halogens is 1. The van der Waals surface area contributed by atoms with E-state index in [2.05, 4.69) is 21.6 Å². The van der Waals surface area contributed by atoms with Gasteiger partial charge in [0.15, 0.2) is 0 Å². The summed E-state index contributed by atoms with van der Waals surface area (Å²) >= 11 is 6.30. The SMILES string of the molecule is O=C(NC1CC1)[C@@H](Nc1cc(Cl)ccc1N1CCCCC1)c1ccccc1. The molecule has 1 aliphatic heterocycles. The summed E-state index contributed by atoms with van der Waals surface area (Å²) in [6.45, 7) is 2.08. The second kappa shape index (κ2) is 8.22. The zero-order valence-electron chi connectivity index (χ0n) is 15.5. The number of hydrogen-bond donors (Lipinski definition) is 2. The predicted molar refractivity (Wildman–Crippen MR) is 111 cm³/mol. The topological polar surface area (TPSA) is 44.4 Å². The van der Waals surface area contributed by atoms with Crippen molar-refractivity contribution in [3.8, 4) is 0 Å². The monoisotopic (exact) mass is 383 g/mol. The van der Waals surface area contributed by atoms with E-state index in [-0.39, 0.29) is 5.91 Å². The smallest absolute Gasteiger partial charge is 0.247 e. The molecule has 142 valence electrons. The summed E-state index contributed by atoms with van der Waals surface area (Å²) in [5.74, 6) is 0.0215. The van der Waals surface area contributed by atoms with Gasteiger partial charge >= 0.3 is 0 Å². The van der Waals surface area contributed by atoms with Crippen molar-refractivity contribution >= 4 is 28.9 Å². The van der Waals surface area contributed by atoms with Crippen LogP contribution in [0.4, 0.5) is 11.4 Å². The van der Waals surface area contributed by atoms with Gasteiger partial charge in [-0.3, -0.25) is 4.79 Å². The molecule has 27 heavy (non-hydrogen) atoms. The normalized spacial score (nSPS) is 18.0. The van der Waals surface area contributed by atoms with Crippen molar-refractivity contribution in [2.75, 3.05) is 23.3 Å². The Bertz CT molecular complexity index is 785.